The second kappa shape index (κ2) is 15.2. The van der Waals surface area contributed by atoms with Crippen LogP contribution in [0.1, 0.15) is 44.6 Å². The van der Waals surface area contributed by atoms with Crippen LogP contribution >= 0.6 is 0 Å². The molecule has 0 radical (unpaired) electrons. The number of aliphatic hydroxyl groups is 5. The number of aromatic nitrogens is 4. The number of nitrogen functional groups attached to an aromatic ring is 1. The highest BCUT2D eigenvalue weighted by Crippen LogP contribution is 2.28. The van der Waals surface area contributed by atoms with Gasteiger partial charge in [0.05, 0.1) is 19.3 Å². The maximum Gasteiger partial charge on any atom is 0.351 e. The van der Waals surface area contributed by atoms with Gasteiger partial charge in [-0.25, -0.2) is 9.59 Å². The summed E-state index contributed by atoms with van der Waals surface area (Å²) in [7, 11) is 0. The van der Waals surface area contributed by atoms with E-state index in [1.54, 1.807) is 6.07 Å². The Balaban J connectivity index is 0.000000238. The van der Waals surface area contributed by atoms with Gasteiger partial charge < -0.3 is 51.8 Å². The van der Waals surface area contributed by atoms with Crippen molar-refractivity contribution in [2.24, 2.45) is 5.73 Å². The van der Waals surface area contributed by atoms with Crippen LogP contribution in [0.4, 0.5) is 11.6 Å². The van der Waals surface area contributed by atoms with E-state index in [0.29, 0.717) is 18.9 Å². The Labute approximate surface area is 229 Å². The zero-order chi connectivity index (χ0) is 29.2. The molecule has 16 nitrogen and oxygen atoms in total. The summed E-state index contributed by atoms with van der Waals surface area (Å²) in [4.78, 5) is 31.0. The molecule has 0 unspecified atom stereocenters. The number of nitrogens with zero attached hydrogens (tertiary/aromatic N) is 4. The molecule has 0 aromatic carbocycles. The van der Waals surface area contributed by atoms with Crippen molar-refractivity contribution >= 4 is 11.6 Å². The van der Waals surface area contributed by atoms with Crippen molar-refractivity contribution in [2.45, 2.75) is 75.1 Å². The fourth-order valence-corrected chi connectivity index (χ4v) is 4.35. The number of ether oxygens (including phenoxy) is 2. The lowest BCUT2D eigenvalue weighted by molar-refractivity contribution is -0.0549. The number of hydrogen-bond donors (Lipinski definition) is 8. The highest BCUT2D eigenvalue weighted by Gasteiger charge is 2.43. The summed E-state index contributed by atoms with van der Waals surface area (Å²) in [6.45, 7) is 0.679. The van der Waals surface area contributed by atoms with Gasteiger partial charge in [-0.15, -0.1) is 0 Å². The summed E-state index contributed by atoms with van der Waals surface area (Å²) in [5, 5.41) is 50.3. The molecule has 2 aromatic heterocycles. The van der Waals surface area contributed by atoms with Gasteiger partial charge in [-0.1, -0.05) is 12.8 Å². The summed E-state index contributed by atoms with van der Waals surface area (Å²) in [6, 6.07) is 3.08. The molecule has 0 aliphatic carbocycles. The molecular formula is C24H39N7O9. The Morgan fingerprint density at radius 2 is 1.57 bits per heavy atom. The zero-order valence-corrected chi connectivity index (χ0v) is 22.0. The number of nitrogens with two attached hydrogens (primary N) is 2. The van der Waals surface area contributed by atoms with E-state index in [1.807, 2.05) is 0 Å². The van der Waals surface area contributed by atoms with Crippen LogP contribution in [0.5, 0.6) is 0 Å². The van der Waals surface area contributed by atoms with E-state index >= 15 is 0 Å². The Morgan fingerprint density at radius 1 is 0.900 bits per heavy atom. The number of nitrogens with one attached hydrogen (secondary N) is 1. The lowest BCUT2D eigenvalue weighted by atomic mass is 10.1. The number of rotatable bonds is 11. The largest absolute Gasteiger partial charge is 0.394 e. The molecule has 4 rings (SSSR count). The average Bonchev–Trinajstić information content (AvgIpc) is 3.44. The molecule has 2 saturated heterocycles. The molecule has 224 valence electrons. The molecule has 0 spiro atoms. The maximum atomic E-state index is 12.1. The van der Waals surface area contributed by atoms with Crippen LogP contribution < -0.4 is 28.2 Å². The van der Waals surface area contributed by atoms with Crippen molar-refractivity contribution in [1.29, 1.82) is 0 Å². The molecule has 7 atom stereocenters. The zero-order valence-electron chi connectivity index (χ0n) is 22.0. The number of hydrogen-bond acceptors (Lipinski definition) is 14. The predicted octanol–water partition coefficient (Wildman–Crippen LogP) is -2.75. The molecular weight excluding hydrogens is 530 g/mol. The molecule has 10 N–H and O–H groups in total. The predicted molar refractivity (Wildman–Crippen MR) is 142 cm³/mol. The van der Waals surface area contributed by atoms with Crippen LogP contribution in [0.2, 0.25) is 0 Å². The first-order valence-corrected chi connectivity index (χ1v) is 13.1. The monoisotopic (exact) mass is 569 g/mol. The van der Waals surface area contributed by atoms with Gasteiger partial charge in [-0.05, 0) is 31.5 Å². The second-order valence-corrected chi connectivity index (χ2v) is 9.52. The quantitative estimate of drug-likeness (QED) is 0.128. The van der Waals surface area contributed by atoms with Crippen molar-refractivity contribution in [2.75, 3.05) is 37.4 Å². The summed E-state index contributed by atoms with van der Waals surface area (Å²) in [6.07, 6.45) is 0.680. The molecule has 16 heteroatoms. The first-order chi connectivity index (χ1) is 19.2. The van der Waals surface area contributed by atoms with E-state index < -0.39 is 61.0 Å². The van der Waals surface area contributed by atoms with Crippen LogP contribution in [-0.4, -0.2) is 101 Å². The molecule has 2 aromatic rings. The van der Waals surface area contributed by atoms with Gasteiger partial charge in [0.15, 0.2) is 6.23 Å². The van der Waals surface area contributed by atoms with Gasteiger partial charge in [0.25, 0.3) is 0 Å². The fourth-order valence-electron chi connectivity index (χ4n) is 4.35. The molecule has 4 heterocycles. The van der Waals surface area contributed by atoms with Gasteiger partial charge in [0, 0.05) is 25.4 Å². The van der Waals surface area contributed by atoms with Crippen LogP contribution in [-0.2, 0) is 9.47 Å². The topological polar surface area (TPSA) is 253 Å². The van der Waals surface area contributed by atoms with E-state index in [2.05, 4.69) is 15.3 Å². The van der Waals surface area contributed by atoms with Gasteiger partial charge in [-0.2, -0.15) is 9.97 Å². The Bertz CT molecular complexity index is 1180. The SMILES string of the molecule is NCCCCCCNc1ccn([C@@H]2O[C@H](CO)[C@@H](O)[C@H]2O)c(=O)n1.Nc1ccn([C@H]2C[C@H](O)[C@@H](CO)O2)c(=O)n1. The third-order valence-electron chi connectivity index (χ3n) is 6.60. The maximum absolute atomic E-state index is 12.1. The lowest BCUT2D eigenvalue weighted by Gasteiger charge is -2.17. The van der Waals surface area contributed by atoms with Crippen LogP contribution in [0, 0.1) is 0 Å². The smallest absolute Gasteiger partial charge is 0.351 e. The van der Waals surface area contributed by atoms with Gasteiger partial charge in [-0.3, -0.25) is 9.13 Å². The van der Waals surface area contributed by atoms with Gasteiger partial charge in [0.1, 0.15) is 42.3 Å². The van der Waals surface area contributed by atoms with E-state index in [9.17, 15) is 24.9 Å². The molecule has 0 bridgehead atoms. The minimum absolute atomic E-state index is 0.138. The molecule has 0 saturated carbocycles. The van der Waals surface area contributed by atoms with Crippen molar-refractivity contribution in [3.63, 3.8) is 0 Å². The molecule has 2 aliphatic heterocycles. The van der Waals surface area contributed by atoms with E-state index in [4.69, 9.17) is 31.2 Å². The highest BCUT2D eigenvalue weighted by molar-refractivity contribution is 5.31. The lowest BCUT2D eigenvalue weighted by Crippen LogP contribution is -2.36. The Morgan fingerprint density at radius 3 is 2.17 bits per heavy atom. The van der Waals surface area contributed by atoms with Crippen molar-refractivity contribution in [3.05, 3.63) is 45.5 Å². The third-order valence-corrected chi connectivity index (χ3v) is 6.60. The van der Waals surface area contributed by atoms with Crippen LogP contribution in [0.3, 0.4) is 0 Å². The Hall–Kier alpha value is -2.96. The first-order valence-electron chi connectivity index (χ1n) is 13.1. The minimum Gasteiger partial charge on any atom is -0.394 e. The standard InChI is InChI=1S/C15H26N4O5.C9H13N3O4/c16-6-3-1-2-4-7-17-11-5-8-19(15(23)18-11)14-13(22)12(21)10(9-20)24-14;10-7-1-2-12(9(15)11-7)8-3-5(14)6(4-13)16-8/h5,8,10,12-14,20-22H,1-4,6-7,9,16H2,(H,17,18,23);1-2,5-6,8,13-14H,3-4H2,(H2,10,11,15)/t10-,12-,13-,14-;5-,6+,8+/m10/s1. The second-order valence-electron chi connectivity index (χ2n) is 9.52. The summed E-state index contributed by atoms with van der Waals surface area (Å²) >= 11 is 0. The van der Waals surface area contributed by atoms with E-state index in [1.165, 1.54) is 23.0 Å². The summed E-state index contributed by atoms with van der Waals surface area (Å²) < 4.78 is 13.0. The van der Waals surface area contributed by atoms with Crippen molar-refractivity contribution in [3.8, 4) is 0 Å². The summed E-state index contributed by atoms with van der Waals surface area (Å²) in [5.41, 5.74) is 9.65. The highest BCUT2D eigenvalue weighted by atomic mass is 16.6. The van der Waals surface area contributed by atoms with Crippen molar-refractivity contribution < 1.29 is 35.0 Å². The van der Waals surface area contributed by atoms with Crippen LogP contribution in [0.25, 0.3) is 0 Å². The normalized spacial score (nSPS) is 27.8. The number of anilines is 2. The number of aliphatic hydroxyl groups excluding tert-OH is 5. The van der Waals surface area contributed by atoms with E-state index in [0.717, 1.165) is 30.3 Å². The first kappa shape index (κ1) is 31.6. The number of unbranched alkanes of at least 4 members (excludes halogenated alkanes) is 3. The Kier molecular flexibility index (Phi) is 12.0. The third kappa shape index (κ3) is 8.05. The molecule has 40 heavy (non-hydrogen) atoms. The minimum atomic E-state index is -1.30. The molecule has 2 fully saturated rings. The fraction of sp³-hybridized carbons (Fsp3) is 0.667. The average molecular weight is 570 g/mol. The van der Waals surface area contributed by atoms with Gasteiger partial charge >= 0.3 is 11.4 Å². The summed E-state index contributed by atoms with van der Waals surface area (Å²) in [5.74, 6) is 0.584. The van der Waals surface area contributed by atoms with E-state index in [-0.39, 0.29) is 18.8 Å². The van der Waals surface area contributed by atoms with Crippen LogP contribution in [0.15, 0.2) is 34.1 Å². The molecule has 0 amide bonds. The molecule has 2 aliphatic rings. The van der Waals surface area contributed by atoms with Crippen molar-refractivity contribution in [1.82, 2.24) is 19.1 Å². The van der Waals surface area contributed by atoms with Gasteiger partial charge in [0.2, 0.25) is 0 Å².